The van der Waals surface area contributed by atoms with Crippen LogP contribution in [0.25, 0.3) is 21.5 Å². The summed E-state index contributed by atoms with van der Waals surface area (Å²) < 4.78 is 10.8. The van der Waals surface area contributed by atoms with Gasteiger partial charge in [-0.15, -0.1) is 0 Å². The molecular weight excluding hydrogens is 630 g/mol. The van der Waals surface area contributed by atoms with Crippen LogP contribution in [0.4, 0.5) is 0 Å². The lowest BCUT2D eigenvalue weighted by Gasteiger charge is -2.48. The van der Waals surface area contributed by atoms with Gasteiger partial charge in [0.15, 0.2) is 12.4 Å². The first kappa shape index (κ1) is 35.5. The lowest BCUT2D eigenvalue weighted by Crippen LogP contribution is -2.91. The number of aromatic nitrogens is 4. The molecule has 6 aromatic rings. The van der Waals surface area contributed by atoms with Gasteiger partial charge in [-0.1, -0.05) is 189 Å². The minimum absolute atomic E-state index is 1.06. The molecule has 0 radical (unpaired) electrons. The molecule has 0 saturated carbocycles. The molecule has 52 heavy (non-hydrogen) atoms. The van der Waals surface area contributed by atoms with Gasteiger partial charge in [-0.25, -0.2) is 0 Å². The van der Waals surface area contributed by atoms with Crippen molar-refractivity contribution < 1.29 is 9.19 Å². The Morgan fingerprint density at radius 1 is 0.442 bits per heavy atom. The van der Waals surface area contributed by atoms with E-state index in [1.54, 1.807) is 0 Å². The van der Waals surface area contributed by atoms with E-state index >= 15 is 0 Å². The van der Waals surface area contributed by atoms with Gasteiger partial charge < -0.3 is 18.4 Å². The summed E-state index contributed by atoms with van der Waals surface area (Å²) in [7, 11) is 0. The third kappa shape index (κ3) is 6.85. The maximum atomic E-state index is 3.65. The predicted molar refractivity (Wildman–Crippen MR) is 221 cm³/mol. The van der Waals surface area contributed by atoms with Crippen molar-refractivity contribution >= 4 is 34.4 Å². The topological polar surface area (TPSA) is 17.6 Å². The van der Waals surface area contributed by atoms with Crippen molar-refractivity contribution in [2.75, 3.05) is 0 Å². The Labute approximate surface area is 311 Å². The maximum Gasteiger partial charge on any atom is 0.439 e. The zero-order valence-corrected chi connectivity index (χ0v) is 31.8. The van der Waals surface area contributed by atoms with Crippen LogP contribution in [0.5, 0.6) is 0 Å². The average molecular weight is 685 g/mol. The van der Waals surface area contributed by atoms with Crippen molar-refractivity contribution in [2.24, 2.45) is 0 Å². The Hall–Kier alpha value is -4.93. The zero-order valence-electron chi connectivity index (χ0n) is 31.8. The summed E-state index contributed by atoms with van der Waals surface area (Å²) in [5.74, 6) is 14.4. The van der Waals surface area contributed by atoms with Gasteiger partial charge in [0.25, 0.3) is 0 Å². The summed E-state index contributed by atoms with van der Waals surface area (Å²) >= 11 is 0. The largest absolute Gasteiger partial charge is 0.439 e. The molecular formula is C46H54B2N4. The first-order valence-electron chi connectivity index (χ1n) is 20.2. The number of rotatable bonds is 12. The Morgan fingerprint density at radius 2 is 0.788 bits per heavy atom. The van der Waals surface area contributed by atoms with Gasteiger partial charge in [-0.3, -0.25) is 0 Å². The molecule has 0 atom stereocenters. The highest BCUT2D eigenvalue weighted by atomic mass is 15.5. The molecule has 1 aliphatic rings. The molecule has 4 aromatic carbocycles. The summed E-state index contributed by atoms with van der Waals surface area (Å²) in [5.41, 5.74) is 4.33. The molecule has 0 unspecified atom stereocenters. The zero-order chi connectivity index (χ0) is 36.0. The maximum absolute atomic E-state index is 3.65. The second kappa shape index (κ2) is 15.8. The van der Waals surface area contributed by atoms with Crippen molar-refractivity contribution in [1.82, 2.24) is 9.19 Å². The summed E-state index contributed by atoms with van der Waals surface area (Å²) in [5, 5.41) is 4.97. The van der Waals surface area contributed by atoms with Crippen molar-refractivity contribution in [1.29, 1.82) is 0 Å². The third-order valence-corrected chi connectivity index (χ3v) is 11.9. The van der Waals surface area contributed by atoms with Crippen molar-refractivity contribution in [3.63, 3.8) is 0 Å². The molecule has 0 aliphatic carbocycles. The van der Waals surface area contributed by atoms with E-state index in [0.717, 1.165) is 47.5 Å². The normalized spacial score (nSPS) is 13.9. The van der Waals surface area contributed by atoms with Gasteiger partial charge >= 0.3 is 12.8 Å². The van der Waals surface area contributed by atoms with Gasteiger partial charge in [0.05, 0.1) is 0 Å². The summed E-state index contributed by atoms with van der Waals surface area (Å²) in [6, 6.07) is 30.2. The second-order valence-corrected chi connectivity index (χ2v) is 15.4. The van der Waals surface area contributed by atoms with E-state index in [2.05, 4.69) is 179 Å². The smallest absolute Gasteiger partial charge is 0.341 e. The van der Waals surface area contributed by atoms with Gasteiger partial charge in [-0.05, 0) is 45.8 Å². The molecule has 6 heteroatoms. The van der Waals surface area contributed by atoms with Crippen LogP contribution in [0.15, 0.2) is 110 Å². The fourth-order valence-corrected chi connectivity index (χ4v) is 9.12. The molecule has 0 bridgehead atoms. The first-order valence-corrected chi connectivity index (χ1v) is 20.2. The Kier molecular flexibility index (Phi) is 10.7. The number of hydrogen-bond donors (Lipinski definition) is 0. The average Bonchev–Trinajstić information content (AvgIpc) is 3.83. The Balaban J connectivity index is 1.40. The summed E-state index contributed by atoms with van der Waals surface area (Å²) in [6.45, 7) is 9.32. The van der Waals surface area contributed by atoms with Gasteiger partial charge in [-0.2, -0.15) is 0 Å². The molecule has 2 aromatic heterocycles. The molecule has 264 valence electrons. The van der Waals surface area contributed by atoms with E-state index in [0.29, 0.717) is 0 Å². The van der Waals surface area contributed by atoms with Crippen LogP contribution >= 0.6 is 0 Å². The number of unbranched alkanes of at least 4 members (excludes halogenated alkanes) is 4. The third-order valence-electron chi connectivity index (χ3n) is 11.9. The molecule has 7 rings (SSSR count). The van der Waals surface area contributed by atoms with Crippen LogP contribution < -0.4 is 9.19 Å². The van der Waals surface area contributed by atoms with Gasteiger partial charge in [0.1, 0.15) is 11.1 Å². The molecule has 0 N–H and O–H groups in total. The predicted octanol–water partition coefficient (Wildman–Crippen LogP) is 10.2. The molecule has 3 heterocycles. The second-order valence-electron chi connectivity index (χ2n) is 15.4. The van der Waals surface area contributed by atoms with Crippen LogP contribution in [0, 0.1) is 23.7 Å². The summed E-state index contributed by atoms with van der Waals surface area (Å²) in [4.78, 5) is 0. The van der Waals surface area contributed by atoms with Crippen molar-refractivity contribution in [3.8, 4) is 23.7 Å². The number of nitrogens with zero attached hydrogens (tertiary/aromatic N) is 4. The van der Waals surface area contributed by atoms with E-state index in [9.17, 15) is 0 Å². The molecule has 0 fully saturated rings. The lowest BCUT2D eigenvalue weighted by molar-refractivity contribution is -0.716. The van der Waals surface area contributed by atoms with Crippen LogP contribution in [-0.4, -0.2) is 22.0 Å². The highest BCUT2D eigenvalue weighted by molar-refractivity contribution is 6.74. The van der Waals surface area contributed by atoms with Gasteiger partial charge in [0.2, 0.25) is 0 Å². The van der Waals surface area contributed by atoms with Gasteiger partial charge in [0, 0.05) is 23.5 Å². The highest BCUT2D eigenvalue weighted by Gasteiger charge is 2.56. The van der Waals surface area contributed by atoms with E-state index in [4.69, 9.17) is 0 Å². The van der Waals surface area contributed by atoms with Crippen molar-refractivity contribution in [2.45, 2.75) is 104 Å². The minimum Gasteiger partial charge on any atom is -0.341 e. The number of fused-ring (bicyclic) bond motifs is 4. The number of hydrogen-bond acceptors (Lipinski definition) is 0. The van der Waals surface area contributed by atoms with Crippen LogP contribution in [0.3, 0.4) is 0 Å². The molecule has 0 amide bonds. The standard InChI is InChI=1S/C46H54B2N4/c1-5-9-29-47(30-10-6-2)49-35-41(23-21-39-25-27-43-17-13-15-19-45(43)33-39)37-51(49)48(31-11-7-3,32-12-8-4)52-38-42(36-50(47)52)24-22-40-26-28-44-18-14-16-20-46(44)34-40/h13-20,25-28,33-38H,5-12,29-32H2,1-4H3. The first-order chi connectivity index (χ1) is 25.5. The highest BCUT2D eigenvalue weighted by Crippen LogP contribution is 2.30. The van der Waals surface area contributed by atoms with E-state index < -0.39 is 12.8 Å². The quantitative estimate of drug-likeness (QED) is 0.0903. The number of benzene rings is 4. The van der Waals surface area contributed by atoms with E-state index in [-0.39, 0.29) is 0 Å². The molecule has 1 aliphatic heterocycles. The Bertz CT molecular complexity index is 2080. The molecule has 4 nitrogen and oxygen atoms in total. The fourth-order valence-electron chi connectivity index (χ4n) is 9.12. The van der Waals surface area contributed by atoms with E-state index in [1.807, 2.05) is 0 Å². The Morgan fingerprint density at radius 3 is 1.15 bits per heavy atom. The SMILES string of the molecule is CCCC[B-]1(CCCC)n2cc(C#Cc3ccc4ccccc4c3)c[n+]2[B-](CCCC)(CCCC)n2cc(C#Cc3ccc4ccccc4c3)c[n+]21. The minimum atomic E-state index is -1.19. The monoisotopic (exact) mass is 684 g/mol. The fraction of sp³-hybridized carbons (Fsp3) is 0.348. The molecule has 0 spiro atoms. The molecule has 0 saturated heterocycles. The van der Waals surface area contributed by atoms with Crippen molar-refractivity contribution in [3.05, 3.63) is 132 Å². The van der Waals surface area contributed by atoms with E-state index in [1.165, 1.54) is 72.9 Å². The summed E-state index contributed by atoms with van der Waals surface area (Å²) in [6.07, 6.45) is 21.2. The van der Waals surface area contributed by atoms with Crippen LogP contribution in [-0.2, 0) is 0 Å². The van der Waals surface area contributed by atoms with Crippen LogP contribution in [0.1, 0.15) is 101 Å². The lowest BCUT2D eigenvalue weighted by atomic mass is 9.35. The van der Waals surface area contributed by atoms with Crippen LogP contribution in [0.2, 0.25) is 25.3 Å².